The van der Waals surface area contributed by atoms with Crippen molar-refractivity contribution in [2.45, 2.75) is 45.4 Å². The molecule has 1 aliphatic rings. The lowest BCUT2D eigenvalue weighted by Gasteiger charge is -2.33. The summed E-state index contributed by atoms with van der Waals surface area (Å²) in [6.07, 6.45) is 7.52. The smallest absolute Gasteiger partial charge is 0.0635 e. The number of nitriles is 1. The molecule has 0 aromatic heterocycles. The first-order chi connectivity index (χ1) is 6.27. The molecular formula is C11H20N2. The van der Waals surface area contributed by atoms with Crippen molar-refractivity contribution < 1.29 is 0 Å². The second-order valence-corrected chi connectivity index (χ2v) is 4.46. The van der Waals surface area contributed by atoms with Crippen LogP contribution in [-0.2, 0) is 0 Å². The van der Waals surface area contributed by atoms with Crippen molar-refractivity contribution in [2.75, 3.05) is 13.1 Å². The largest absolute Gasteiger partial charge is 0.315 e. The van der Waals surface area contributed by atoms with Crippen LogP contribution in [0.5, 0.6) is 0 Å². The molecule has 0 unspecified atom stereocenters. The van der Waals surface area contributed by atoms with E-state index in [1.807, 2.05) is 0 Å². The average Bonchev–Trinajstić information content (AvgIpc) is 2.14. The van der Waals surface area contributed by atoms with Crippen molar-refractivity contribution in [1.29, 1.82) is 5.26 Å². The van der Waals surface area contributed by atoms with Gasteiger partial charge < -0.3 is 5.32 Å². The summed E-state index contributed by atoms with van der Waals surface area (Å²) in [5.41, 5.74) is 0.508. The zero-order valence-electron chi connectivity index (χ0n) is 8.60. The van der Waals surface area contributed by atoms with Gasteiger partial charge in [-0.3, -0.25) is 0 Å². The molecule has 0 radical (unpaired) electrons. The fourth-order valence-electron chi connectivity index (χ4n) is 2.12. The maximum Gasteiger partial charge on any atom is 0.0635 e. The van der Waals surface area contributed by atoms with Crippen molar-refractivity contribution in [3.05, 3.63) is 0 Å². The standard InChI is InChI=1S/C11H20N2/c1-11(6-3-2-4-7-11)10-13-9-5-8-12/h13H,2-7,9-10H2,1H3. The molecule has 1 saturated carbocycles. The van der Waals surface area contributed by atoms with E-state index in [-0.39, 0.29) is 0 Å². The Morgan fingerprint density at radius 1 is 1.31 bits per heavy atom. The van der Waals surface area contributed by atoms with Crippen molar-refractivity contribution in [1.82, 2.24) is 5.32 Å². The van der Waals surface area contributed by atoms with E-state index < -0.39 is 0 Å². The molecule has 1 rings (SSSR count). The van der Waals surface area contributed by atoms with E-state index in [2.05, 4.69) is 18.3 Å². The van der Waals surface area contributed by atoms with E-state index in [4.69, 9.17) is 5.26 Å². The molecule has 1 fully saturated rings. The Bertz CT molecular complexity index is 175. The Labute approximate surface area is 81.3 Å². The van der Waals surface area contributed by atoms with Crippen molar-refractivity contribution >= 4 is 0 Å². The molecule has 0 saturated heterocycles. The summed E-state index contributed by atoms with van der Waals surface area (Å²) in [5.74, 6) is 0. The Morgan fingerprint density at radius 3 is 2.62 bits per heavy atom. The zero-order valence-corrected chi connectivity index (χ0v) is 8.60. The van der Waals surface area contributed by atoms with E-state index >= 15 is 0 Å². The Kier molecular flexibility index (Phi) is 4.24. The molecule has 2 nitrogen and oxygen atoms in total. The summed E-state index contributed by atoms with van der Waals surface area (Å²) in [6.45, 7) is 4.31. The normalized spacial score (nSPS) is 20.9. The van der Waals surface area contributed by atoms with Crippen molar-refractivity contribution in [2.24, 2.45) is 5.41 Å². The van der Waals surface area contributed by atoms with Crippen molar-refractivity contribution in [3.63, 3.8) is 0 Å². The molecule has 0 bridgehead atoms. The molecule has 74 valence electrons. The lowest BCUT2D eigenvalue weighted by atomic mass is 9.76. The van der Waals surface area contributed by atoms with Crippen LogP contribution in [0, 0.1) is 16.7 Å². The van der Waals surface area contributed by atoms with Gasteiger partial charge in [-0.05, 0) is 18.3 Å². The predicted molar refractivity (Wildman–Crippen MR) is 54.3 cm³/mol. The van der Waals surface area contributed by atoms with Crippen LogP contribution in [0.1, 0.15) is 45.4 Å². The molecule has 2 heteroatoms. The molecule has 0 heterocycles. The van der Waals surface area contributed by atoms with Crippen LogP contribution in [0.15, 0.2) is 0 Å². The molecular weight excluding hydrogens is 160 g/mol. The van der Waals surface area contributed by atoms with Gasteiger partial charge in [-0.2, -0.15) is 5.26 Å². The quantitative estimate of drug-likeness (QED) is 0.675. The second kappa shape index (κ2) is 5.24. The van der Waals surface area contributed by atoms with Gasteiger partial charge in [0, 0.05) is 19.5 Å². The third kappa shape index (κ3) is 3.78. The molecule has 13 heavy (non-hydrogen) atoms. The summed E-state index contributed by atoms with van der Waals surface area (Å²) in [7, 11) is 0. The third-order valence-corrected chi connectivity index (χ3v) is 3.03. The Hall–Kier alpha value is -0.550. The van der Waals surface area contributed by atoms with Gasteiger partial charge in [0.1, 0.15) is 0 Å². The van der Waals surface area contributed by atoms with E-state index in [9.17, 15) is 0 Å². The lowest BCUT2D eigenvalue weighted by molar-refractivity contribution is 0.209. The predicted octanol–water partition coefficient (Wildman–Crippen LogP) is 2.46. The molecule has 0 atom stereocenters. The monoisotopic (exact) mass is 180 g/mol. The van der Waals surface area contributed by atoms with E-state index in [0.29, 0.717) is 11.8 Å². The van der Waals surface area contributed by atoms with Crippen LogP contribution >= 0.6 is 0 Å². The topological polar surface area (TPSA) is 35.8 Å². The van der Waals surface area contributed by atoms with Gasteiger partial charge in [0.2, 0.25) is 0 Å². The van der Waals surface area contributed by atoms with Gasteiger partial charge in [-0.15, -0.1) is 0 Å². The summed E-state index contributed by atoms with van der Waals surface area (Å²) >= 11 is 0. The highest BCUT2D eigenvalue weighted by Gasteiger charge is 2.25. The third-order valence-electron chi connectivity index (χ3n) is 3.03. The molecule has 1 N–H and O–H groups in total. The highest BCUT2D eigenvalue weighted by molar-refractivity contribution is 4.81. The summed E-state index contributed by atoms with van der Waals surface area (Å²) in [5, 5.41) is 11.8. The van der Waals surface area contributed by atoms with Crippen LogP contribution in [0.4, 0.5) is 0 Å². The number of hydrogen-bond acceptors (Lipinski definition) is 2. The van der Waals surface area contributed by atoms with Gasteiger partial charge in [-0.25, -0.2) is 0 Å². The van der Waals surface area contributed by atoms with Crippen LogP contribution in [-0.4, -0.2) is 13.1 Å². The summed E-state index contributed by atoms with van der Waals surface area (Å²) in [6, 6.07) is 2.16. The van der Waals surface area contributed by atoms with Crippen LogP contribution in [0.25, 0.3) is 0 Å². The van der Waals surface area contributed by atoms with Gasteiger partial charge in [0.15, 0.2) is 0 Å². The second-order valence-electron chi connectivity index (χ2n) is 4.46. The molecule has 0 amide bonds. The zero-order chi connectivity index (χ0) is 9.57. The van der Waals surface area contributed by atoms with E-state index in [1.165, 1.54) is 32.1 Å². The minimum Gasteiger partial charge on any atom is -0.315 e. The van der Waals surface area contributed by atoms with E-state index in [0.717, 1.165) is 13.1 Å². The first kappa shape index (κ1) is 10.5. The van der Waals surface area contributed by atoms with Gasteiger partial charge in [0.05, 0.1) is 6.07 Å². The molecule has 0 aromatic carbocycles. The maximum atomic E-state index is 8.38. The Balaban J connectivity index is 2.14. The van der Waals surface area contributed by atoms with Gasteiger partial charge in [0.25, 0.3) is 0 Å². The van der Waals surface area contributed by atoms with Crippen LogP contribution in [0.3, 0.4) is 0 Å². The highest BCUT2D eigenvalue weighted by atomic mass is 14.9. The Morgan fingerprint density at radius 2 is 2.00 bits per heavy atom. The fourth-order valence-corrected chi connectivity index (χ4v) is 2.12. The van der Waals surface area contributed by atoms with Crippen LogP contribution in [0.2, 0.25) is 0 Å². The maximum absolute atomic E-state index is 8.38. The van der Waals surface area contributed by atoms with Gasteiger partial charge in [-0.1, -0.05) is 26.2 Å². The molecule has 0 aliphatic heterocycles. The first-order valence-corrected chi connectivity index (χ1v) is 5.34. The summed E-state index contributed by atoms with van der Waals surface area (Å²) in [4.78, 5) is 0. The SMILES string of the molecule is CC1(CNCCC#N)CCCCC1. The van der Waals surface area contributed by atoms with Crippen molar-refractivity contribution in [3.8, 4) is 6.07 Å². The first-order valence-electron chi connectivity index (χ1n) is 5.34. The minimum absolute atomic E-state index is 0.508. The number of nitrogens with zero attached hydrogens (tertiary/aromatic N) is 1. The fraction of sp³-hybridized carbons (Fsp3) is 0.909. The molecule has 0 aromatic rings. The molecule has 0 spiro atoms. The molecule has 1 aliphatic carbocycles. The van der Waals surface area contributed by atoms with Gasteiger partial charge >= 0.3 is 0 Å². The van der Waals surface area contributed by atoms with Crippen LogP contribution < -0.4 is 5.32 Å². The highest BCUT2D eigenvalue weighted by Crippen LogP contribution is 2.34. The lowest BCUT2D eigenvalue weighted by Crippen LogP contribution is -2.33. The number of rotatable bonds is 4. The summed E-state index contributed by atoms with van der Waals surface area (Å²) < 4.78 is 0. The average molecular weight is 180 g/mol. The number of hydrogen-bond donors (Lipinski definition) is 1. The minimum atomic E-state index is 0.508. The number of nitrogens with one attached hydrogen (secondary N) is 1. The van der Waals surface area contributed by atoms with E-state index in [1.54, 1.807) is 0 Å².